The lowest BCUT2D eigenvalue weighted by molar-refractivity contribution is -0.115. The molecule has 0 aliphatic heterocycles. The molecule has 0 aliphatic rings. The van der Waals surface area contributed by atoms with Crippen molar-refractivity contribution in [2.24, 2.45) is 0 Å². The number of carbonyl (C=O) groups excluding carboxylic acids is 1. The second kappa shape index (κ2) is 9.38. The highest BCUT2D eigenvalue weighted by atomic mass is 32.2. The van der Waals surface area contributed by atoms with E-state index in [0.29, 0.717) is 22.3 Å². The number of amides is 1. The molecule has 0 aliphatic carbocycles. The molecule has 29 heavy (non-hydrogen) atoms. The van der Waals surface area contributed by atoms with Gasteiger partial charge >= 0.3 is 0 Å². The number of hydrogen-bond acceptors (Lipinski definition) is 5. The van der Waals surface area contributed by atoms with Crippen LogP contribution in [0.5, 0.6) is 0 Å². The highest BCUT2D eigenvalue weighted by Gasteiger charge is 2.09. The summed E-state index contributed by atoms with van der Waals surface area (Å²) in [6, 6.07) is 14.9. The lowest BCUT2D eigenvalue weighted by atomic mass is 10.2. The van der Waals surface area contributed by atoms with Crippen LogP contribution in [0.2, 0.25) is 0 Å². The molecule has 3 aromatic rings. The lowest BCUT2D eigenvalue weighted by Crippen LogP contribution is -2.18. The number of benzene rings is 2. The van der Waals surface area contributed by atoms with Crippen LogP contribution in [0, 0.1) is 5.82 Å². The summed E-state index contributed by atoms with van der Waals surface area (Å²) in [5, 5.41) is 3.22. The SMILES string of the molecule is CN(C)c1ccc(NC(=O)Cc2cc(=O)[nH]c(SCc3ccc(F)cc3)n2)cc1. The van der Waals surface area contributed by atoms with Gasteiger partial charge in [0.2, 0.25) is 5.91 Å². The fourth-order valence-electron chi connectivity index (χ4n) is 2.59. The van der Waals surface area contributed by atoms with Gasteiger partial charge in [0.1, 0.15) is 5.82 Å². The van der Waals surface area contributed by atoms with Gasteiger partial charge in [-0.1, -0.05) is 23.9 Å². The van der Waals surface area contributed by atoms with Crippen LogP contribution in [0.1, 0.15) is 11.3 Å². The molecule has 0 unspecified atom stereocenters. The topological polar surface area (TPSA) is 78.1 Å². The van der Waals surface area contributed by atoms with Crippen LogP contribution in [-0.2, 0) is 17.0 Å². The molecule has 0 fully saturated rings. The van der Waals surface area contributed by atoms with E-state index < -0.39 is 0 Å². The molecule has 8 heteroatoms. The van der Waals surface area contributed by atoms with Crippen LogP contribution in [0.15, 0.2) is 64.5 Å². The fraction of sp³-hybridized carbons (Fsp3) is 0.190. The zero-order valence-corrected chi connectivity index (χ0v) is 16.9. The highest BCUT2D eigenvalue weighted by molar-refractivity contribution is 7.98. The fourth-order valence-corrected chi connectivity index (χ4v) is 3.44. The maximum absolute atomic E-state index is 13.0. The molecule has 0 radical (unpaired) electrons. The van der Waals surface area contributed by atoms with E-state index in [-0.39, 0.29) is 23.7 Å². The molecule has 0 saturated carbocycles. The predicted molar refractivity (Wildman–Crippen MR) is 114 cm³/mol. The van der Waals surface area contributed by atoms with Gasteiger partial charge < -0.3 is 15.2 Å². The molecule has 0 saturated heterocycles. The largest absolute Gasteiger partial charge is 0.378 e. The number of halogens is 1. The van der Waals surface area contributed by atoms with Crippen LogP contribution < -0.4 is 15.8 Å². The standard InChI is InChI=1S/C21H21FN4O2S/c1-26(2)18-9-7-16(8-10-18)23-19(27)11-17-12-20(28)25-21(24-17)29-13-14-3-5-15(22)6-4-14/h3-10,12H,11,13H2,1-2H3,(H,23,27)(H,24,25,28). The van der Waals surface area contributed by atoms with Crippen molar-refractivity contribution in [3.8, 4) is 0 Å². The van der Waals surface area contributed by atoms with Crippen molar-refractivity contribution < 1.29 is 9.18 Å². The quantitative estimate of drug-likeness (QED) is 0.459. The Hall–Kier alpha value is -3.13. The molecular weight excluding hydrogens is 391 g/mol. The Balaban J connectivity index is 1.62. The van der Waals surface area contributed by atoms with E-state index >= 15 is 0 Å². The van der Waals surface area contributed by atoms with Gasteiger partial charge in [0.15, 0.2) is 5.16 Å². The van der Waals surface area contributed by atoms with Gasteiger partial charge in [0.25, 0.3) is 5.56 Å². The Labute approximate surface area is 172 Å². The van der Waals surface area contributed by atoms with Gasteiger partial charge in [-0.25, -0.2) is 9.37 Å². The van der Waals surface area contributed by atoms with Gasteiger partial charge in [-0.2, -0.15) is 0 Å². The number of hydrogen-bond donors (Lipinski definition) is 2. The summed E-state index contributed by atoms with van der Waals surface area (Å²) in [5.74, 6) is -0.0262. The third-order valence-corrected chi connectivity index (χ3v) is 5.02. The molecule has 3 rings (SSSR count). The van der Waals surface area contributed by atoms with Gasteiger partial charge in [0, 0.05) is 37.3 Å². The maximum Gasteiger partial charge on any atom is 0.251 e. The number of thioether (sulfide) groups is 1. The van der Waals surface area contributed by atoms with Crippen molar-refractivity contribution in [3.63, 3.8) is 0 Å². The molecule has 1 heterocycles. The molecule has 0 spiro atoms. The van der Waals surface area contributed by atoms with E-state index in [1.54, 1.807) is 12.1 Å². The van der Waals surface area contributed by atoms with Gasteiger partial charge in [0.05, 0.1) is 12.1 Å². The summed E-state index contributed by atoms with van der Waals surface area (Å²) >= 11 is 1.32. The Morgan fingerprint density at radius 2 is 1.83 bits per heavy atom. The minimum Gasteiger partial charge on any atom is -0.378 e. The van der Waals surface area contributed by atoms with Crippen molar-refractivity contribution in [2.75, 3.05) is 24.3 Å². The van der Waals surface area contributed by atoms with Crippen LogP contribution in [0.3, 0.4) is 0 Å². The Morgan fingerprint density at radius 3 is 2.48 bits per heavy atom. The summed E-state index contributed by atoms with van der Waals surface area (Å²) in [5.41, 5.74) is 2.68. The number of rotatable bonds is 7. The summed E-state index contributed by atoms with van der Waals surface area (Å²) in [4.78, 5) is 33.2. The first-order chi connectivity index (χ1) is 13.9. The van der Waals surface area contributed by atoms with Crippen LogP contribution >= 0.6 is 11.8 Å². The molecule has 1 amide bonds. The van der Waals surface area contributed by atoms with Gasteiger partial charge in [-0.3, -0.25) is 9.59 Å². The van der Waals surface area contributed by atoms with Crippen LogP contribution in [0.4, 0.5) is 15.8 Å². The Bertz CT molecular complexity index is 1030. The molecular formula is C21H21FN4O2S. The molecule has 2 N–H and O–H groups in total. The number of nitrogens with one attached hydrogen (secondary N) is 2. The Morgan fingerprint density at radius 1 is 1.14 bits per heavy atom. The molecule has 0 atom stereocenters. The molecule has 1 aromatic heterocycles. The predicted octanol–water partition coefficient (Wildman–Crippen LogP) is 3.45. The van der Waals surface area contributed by atoms with Crippen molar-refractivity contribution in [3.05, 3.63) is 82.0 Å². The van der Waals surface area contributed by atoms with E-state index in [1.165, 1.54) is 30.0 Å². The smallest absolute Gasteiger partial charge is 0.251 e. The second-order valence-corrected chi connectivity index (χ2v) is 7.59. The highest BCUT2D eigenvalue weighted by Crippen LogP contribution is 2.19. The summed E-state index contributed by atoms with van der Waals surface area (Å²) in [7, 11) is 3.88. The first-order valence-electron chi connectivity index (χ1n) is 8.94. The number of anilines is 2. The first-order valence-corrected chi connectivity index (χ1v) is 9.92. The number of aromatic amines is 1. The van der Waals surface area contributed by atoms with Gasteiger partial charge in [-0.05, 0) is 42.0 Å². The number of aromatic nitrogens is 2. The normalized spacial score (nSPS) is 10.6. The summed E-state index contributed by atoms with van der Waals surface area (Å²) < 4.78 is 13.0. The van der Waals surface area contributed by atoms with E-state index in [4.69, 9.17) is 0 Å². The minimum absolute atomic E-state index is 0.0105. The van der Waals surface area contributed by atoms with E-state index in [9.17, 15) is 14.0 Å². The second-order valence-electron chi connectivity index (χ2n) is 6.62. The lowest BCUT2D eigenvalue weighted by Gasteiger charge is -2.13. The maximum atomic E-state index is 13.0. The van der Waals surface area contributed by atoms with Crippen molar-refractivity contribution in [1.29, 1.82) is 0 Å². The van der Waals surface area contributed by atoms with Crippen molar-refractivity contribution in [1.82, 2.24) is 9.97 Å². The van der Waals surface area contributed by atoms with E-state index in [2.05, 4.69) is 15.3 Å². The monoisotopic (exact) mass is 412 g/mol. The number of nitrogens with zero attached hydrogens (tertiary/aromatic N) is 2. The van der Waals surface area contributed by atoms with E-state index in [1.807, 2.05) is 43.3 Å². The van der Waals surface area contributed by atoms with Crippen LogP contribution in [-0.4, -0.2) is 30.0 Å². The first kappa shape index (κ1) is 20.6. The zero-order valence-electron chi connectivity index (χ0n) is 16.1. The average Bonchev–Trinajstić information content (AvgIpc) is 2.67. The Kier molecular flexibility index (Phi) is 6.66. The minimum atomic E-state index is -0.320. The molecule has 6 nitrogen and oxygen atoms in total. The van der Waals surface area contributed by atoms with E-state index in [0.717, 1.165) is 11.3 Å². The summed E-state index contributed by atoms with van der Waals surface area (Å²) in [6.45, 7) is 0. The van der Waals surface area contributed by atoms with Crippen molar-refractivity contribution >= 4 is 29.0 Å². The zero-order chi connectivity index (χ0) is 20.8. The van der Waals surface area contributed by atoms with Crippen molar-refractivity contribution in [2.45, 2.75) is 17.3 Å². The number of H-pyrrole nitrogens is 1. The molecule has 150 valence electrons. The third-order valence-electron chi connectivity index (χ3n) is 4.07. The summed E-state index contributed by atoms with van der Waals surface area (Å²) in [6.07, 6.45) is -0.0105. The number of carbonyl (C=O) groups is 1. The van der Waals surface area contributed by atoms with Gasteiger partial charge in [-0.15, -0.1) is 0 Å². The average molecular weight is 412 g/mol. The molecule has 2 aromatic carbocycles. The van der Waals surface area contributed by atoms with Crippen LogP contribution in [0.25, 0.3) is 0 Å². The molecule has 0 bridgehead atoms. The third kappa shape index (κ3) is 6.18.